The maximum absolute atomic E-state index is 13.7. The molecule has 4 aromatic rings. The van der Waals surface area contributed by atoms with Crippen LogP contribution in [0.5, 0.6) is 5.75 Å². The number of hydrogen-bond acceptors (Lipinski definition) is 6. The first-order valence-corrected chi connectivity index (χ1v) is 10.8. The summed E-state index contributed by atoms with van der Waals surface area (Å²) in [5, 5.41) is 7.16. The molecule has 0 unspecified atom stereocenters. The number of amides is 3. The van der Waals surface area contributed by atoms with Crippen molar-refractivity contribution in [3.05, 3.63) is 83.2 Å². The maximum atomic E-state index is 13.7. The van der Waals surface area contributed by atoms with E-state index in [2.05, 4.69) is 20.6 Å². The molecule has 0 aliphatic heterocycles. The predicted octanol–water partition coefficient (Wildman–Crippen LogP) is 3.65. The Balaban J connectivity index is 1.40. The highest BCUT2D eigenvalue weighted by Gasteiger charge is 2.16. The van der Waals surface area contributed by atoms with Crippen LogP contribution in [-0.2, 0) is 4.79 Å². The Morgan fingerprint density at radius 2 is 1.85 bits per heavy atom. The highest BCUT2D eigenvalue weighted by atomic mass is 32.1. The molecule has 9 nitrogen and oxygen atoms in total. The molecule has 34 heavy (non-hydrogen) atoms. The van der Waals surface area contributed by atoms with E-state index >= 15 is 0 Å². The van der Waals surface area contributed by atoms with Gasteiger partial charge in [0.05, 0.1) is 16.9 Å². The summed E-state index contributed by atoms with van der Waals surface area (Å²) >= 11 is 1.20. The number of ether oxygens (including phenoxy) is 1. The van der Waals surface area contributed by atoms with E-state index < -0.39 is 30.1 Å². The molecule has 3 amide bonds. The number of para-hydroxylation sites is 2. The van der Waals surface area contributed by atoms with E-state index in [9.17, 15) is 18.8 Å². The standard InChI is InChI=1S/C23H18FN5O4S/c24-15-6-2-3-7-16(15)27-20(30)11-33-19-8-4-1-5-14(19)22(32)29-23-28-18(12-34-23)13-9-17(21(25)31)26-10-13/h1-10,12,26H,11H2,(H2,25,31)(H,27,30)(H,28,29,32). The molecule has 0 spiro atoms. The van der Waals surface area contributed by atoms with Crippen LogP contribution in [0.2, 0.25) is 0 Å². The molecule has 4 rings (SSSR count). The predicted molar refractivity (Wildman–Crippen MR) is 125 cm³/mol. The van der Waals surface area contributed by atoms with Crippen molar-refractivity contribution in [2.45, 2.75) is 0 Å². The molecule has 11 heteroatoms. The lowest BCUT2D eigenvalue weighted by Gasteiger charge is -2.11. The van der Waals surface area contributed by atoms with Gasteiger partial charge in [-0.3, -0.25) is 19.7 Å². The number of anilines is 2. The van der Waals surface area contributed by atoms with Gasteiger partial charge in [-0.2, -0.15) is 0 Å². The number of aromatic amines is 1. The van der Waals surface area contributed by atoms with Gasteiger partial charge in [0.2, 0.25) is 0 Å². The Morgan fingerprint density at radius 1 is 1.09 bits per heavy atom. The number of aromatic nitrogens is 2. The molecular formula is C23H18FN5O4S. The summed E-state index contributed by atoms with van der Waals surface area (Å²) in [5.41, 5.74) is 6.92. The number of rotatable bonds is 8. The van der Waals surface area contributed by atoms with E-state index in [4.69, 9.17) is 10.5 Å². The fourth-order valence-corrected chi connectivity index (χ4v) is 3.70. The summed E-state index contributed by atoms with van der Waals surface area (Å²) in [6.45, 7) is -0.421. The zero-order chi connectivity index (χ0) is 24.1. The molecule has 0 atom stereocenters. The van der Waals surface area contributed by atoms with Crippen molar-refractivity contribution in [1.82, 2.24) is 9.97 Å². The third-order valence-corrected chi connectivity index (χ3v) is 5.37. The lowest BCUT2D eigenvalue weighted by molar-refractivity contribution is -0.118. The van der Waals surface area contributed by atoms with Crippen molar-refractivity contribution in [2.75, 3.05) is 17.2 Å². The zero-order valence-corrected chi connectivity index (χ0v) is 18.3. The second kappa shape index (κ2) is 9.96. The summed E-state index contributed by atoms with van der Waals surface area (Å²) in [5.74, 6) is -2.04. The smallest absolute Gasteiger partial charge is 0.265 e. The van der Waals surface area contributed by atoms with Crippen molar-refractivity contribution in [1.29, 1.82) is 0 Å². The van der Waals surface area contributed by atoms with Gasteiger partial charge in [0.1, 0.15) is 17.3 Å². The number of carbonyl (C=O) groups excluding carboxylic acids is 3. The maximum Gasteiger partial charge on any atom is 0.265 e. The normalized spacial score (nSPS) is 10.5. The lowest BCUT2D eigenvalue weighted by atomic mass is 10.2. The Labute approximate surface area is 196 Å². The monoisotopic (exact) mass is 479 g/mol. The van der Waals surface area contributed by atoms with Gasteiger partial charge in [0, 0.05) is 17.1 Å². The van der Waals surface area contributed by atoms with Crippen LogP contribution in [0.1, 0.15) is 20.8 Å². The first-order valence-electron chi connectivity index (χ1n) is 9.92. The Hall–Kier alpha value is -4.51. The Kier molecular flexibility index (Phi) is 6.64. The molecule has 0 saturated heterocycles. The topological polar surface area (TPSA) is 139 Å². The van der Waals surface area contributed by atoms with Crippen LogP contribution in [0, 0.1) is 5.82 Å². The second-order valence-electron chi connectivity index (χ2n) is 6.97. The number of thiazole rings is 1. The van der Waals surface area contributed by atoms with Gasteiger partial charge in [-0.25, -0.2) is 9.37 Å². The minimum absolute atomic E-state index is 0.0343. The quantitative estimate of drug-likeness (QED) is 0.306. The van der Waals surface area contributed by atoms with E-state index in [1.54, 1.807) is 48.0 Å². The van der Waals surface area contributed by atoms with Crippen LogP contribution < -0.4 is 21.1 Å². The number of primary amides is 1. The van der Waals surface area contributed by atoms with Crippen LogP contribution in [0.3, 0.4) is 0 Å². The van der Waals surface area contributed by atoms with Crippen molar-refractivity contribution in [3.63, 3.8) is 0 Å². The summed E-state index contributed by atoms with van der Waals surface area (Å²) < 4.78 is 19.2. The molecule has 0 aliphatic carbocycles. The van der Waals surface area contributed by atoms with Crippen molar-refractivity contribution in [2.24, 2.45) is 5.73 Å². The largest absolute Gasteiger partial charge is 0.483 e. The number of hydrogen-bond donors (Lipinski definition) is 4. The average Bonchev–Trinajstić information content (AvgIpc) is 3.49. The van der Waals surface area contributed by atoms with Gasteiger partial charge in [0.25, 0.3) is 17.7 Å². The number of nitrogens with two attached hydrogens (primary N) is 1. The van der Waals surface area contributed by atoms with Gasteiger partial charge in [-0.15, -0.1) is 11.3 Å². The second-order valence-corrected chi connectivity index (χ2v) is 7.83. The summed E-state index contributed by atoms with van der Waals surface area (Å²) in [6, 6.07) is 13.7. The number of carbonyl (C=O) groups is 3. The van der Waals surface area contributed by atoms with Crippen LogP contribution in [0.25, 0.3) is 11.3 Å². The van der Waals surface area contributed by atoms with Crippen LogP contribution in [-0.4, -0.2) is 34.3 Å². The zero-order valence-electron chi connectivity index (χ0n) is 17.5. The molecule has 2 heterocycles. The number of H-pyrrole nitrogens is 1. The molecule has 2 aromatic heterocycles. The molecule has 0 fully saturated rings. The molecule has 0 bridgehead atoms. The average molecular weight is 479 g/mol. The van der Waals surface area contributed by atoms with E-state index in [-0.39, 0.29) is 22.7 Å². The van der Waals surface area contributed by atoms with Gasteiger partial charge >= 0.3 is 0 Å². The molecule has 0 saturated carbocycles. The molecule has 0 radical (unpaired) electrons. The van der Waals surface area contributed by atoms with E-state index in [1.165, 1.54) is 29.5 Å². The number of nitrogens with one attached hydrogen (secondary N) is 3. The van der Waals surface area contributed by atoms with Crippen molar-refractivity contribution >= 4 is 39.9 Å². The van der Waals surface area contributed by atoms with E-state index in [1.807, 2.05) is 0 Å². The van der Waals surface area contributed by atoms with E-state index in [0.717, 1.165) is 0 Å². The fourth-order valence-electron chi connectivity index (χ4n) is 2.98. The number of halogens is 1. The summed E-state index contributed by atoms with van der Waals surface area (Å²) in [4.78, 5) is 43.3. The molecule has 0 aliphatic rings. The molecule has 5 N–H and O–H groups in total. The Morgan fingerprint density at radius 3 is 2.62 bits per heavy atom. The van der Waals surface area contributed by atoms with Gasteiger partial charge in [-0.1, -0.05) is 24.3 Å². The molecule has 2 aromatic carbocycles. The third-order valence-electron chi connectivity index (χ3n) is 4.61. The van der Waals surface area contributed by atoms with Gasteiger partial charge in [-0.05, 0) is 30.3 Å². The molecular weight excluding hydrogens is 461 g/mol. The van der Waals surface area contributed by atoms with Crippen LogP contribution >= 0.6 is 11.3 Å². The highest BCUT2D eigenvalue weighted by Crippen LogP contribution is 2.27. The van der Waals surface area contributed by atoms with Gasteiger partial charge in [0.15, 0.2) is 11.7 Å². The number of benzene rings is 2. The minimum Gasteiger partial charge on any atom is -0.483 e. The highest BCUT2D eigenvalue weighted by molar-refractivity contribution is 7.14. The summed E-state index contributed by atoms with van der Waals surface area (Å²) in [6.07, 6.45) is 1.59. The molecule has 172 valence electrons. The minimum atomic E-state index is -0.589. The number of nitrogens with zero attached hydrogens (tertiary/aromatic N) is 1. The lowest BCUT2D eigenvalue weighted by Crippen LogP contribution is -2.22. The fraction of sp³-hybridized carbons (Fsp3) is 0.0435. The van der Waals surface area contributed by atoms with Crippen LogP contribution in [0.4, 0.5) is 15.2 Å². The first kappa shape index (κ1) is 22.7. The van der Waals surface area contributed by atoms with Gasteiger partial charge < -0.3 is 20.8 Å². The summed E-state index contributed by atoms with van der Waals surface area (Å²) in [7, 11) is 0. The van der Waals surface area contributed by atoms with Crippen molar-refractivity contribution < 1.29 is 23.5 Å². The van der Waals surface area contributed by atoms with Crippen molar-refractivity contribution in [3.8, 4) is 17.0 Å². The third kappa shape index (κ3) is 5.27. The van der Waals surface area contributed by atoms with E-state index in [0.29, 0.717) is 16.4 Å². The Bertz CT molecular complexity index is 1370. The first-order chi connectivity index (χ1) is 16.4. The van der Waals surface area contributed by atoms with Crippen LogP contribution in [0.15, 0.2) is 66.2 Å². The SMILES string of the molecule is NC(=O)c1cc(-c2csc(NC(=O)c3ccccc3OCC(=O)Nc3ccccc3F)n2)c[nH]1.